The van der Waals surface area contributed by atoms with Crippen LogP contribution in [0.15, 0.2) is 60.7 Å². The number of rotatable bonds is 7. The molecule has 2 N–H and O–H groups in total. The Kier molecular flexibility index (Phi) is 5.69. The highest BCUT2D eigenvalue weighted by Crippen LogP contribution is 2.24. The average molecular weight is 347 g/mol. The Morgan fingerprint density at radius 1 is 0.885 bits per heavy atom. The van der Waals surface area contributed by atoms with Crippen molar-refractivity contribution >= 4 is 23.0 Å². The van der Waals surface area contributed by atoms with Gasteiger partial charge in [0.15, 0.2) is 5.82 Å². The van der Waals surface area contributed by atoms with E-state index in [1.165, 1.54) is 0 Å². The predicted octanol–water partition coefficient (Wildman–Crippen LogP) is 4.78. The Hall–Kier alpha value is -3.08. The molecule has 0 saturated carbocycles. The van der Waals surface area contributed by atoms with E-state index in [9.17, 15) is 0 Å². The first-order chi connectivity index (χ1) is 12.7. The first kappa shape index (κ1) is 17.7. The van der Waals surface area contributed by atoms with Crippen molar-refractivity contribution in [1.82, 2.24) is 9.97 Å². The van der Waals surface area contributed by atoms with Crippen molar-refractivity contribution in [2.45, 2.75) is 13.3 Å². The van der Waals surface area contributed by atoms with E-state index in [0.717, 1.165) is 41.5 Å². The summed E-state index contributed by atoms with van der Waals surface area (Å²) in [5.41, 5.74) is 3.15. The number of benzene rings is 2. The van der Waals surface area contributed by atoms with E-state index in [-0.39, 0.29) is 0 Å². The fourth-order valence-corrected chi connectivity index (χ4v) is 2.56. The van der Waals surface area contributed by atoms with Crippen LogP contribution >= 0.6 is 0 Å². The Labute approximate surface area is 155 Å². The Morgan fingerprint density at radius 3 is 2.23 bits per heavy atom. The minimum Gasteiger partial charge on any atom is -0.378 e. The van der Waals surface area contributed by atoms with Crippen molar-refractivity contribution in [3.05, 3.63) is 60.7 Å². The summed E-state index contributed by atoms with van der Waals surface area (Å²) in [5.74, 6) is 2.31. The van der Waals surface area contributed by atoms with Gasteiger partial charge in [-0.05, 0) is 30.7 Å². The van der Waals surface area contributed by atoms with Gasteiger partial charge in [0.1, 0.15) is 11.6 Å². The quantitative estimate of drug-likeness (QED) is 0.644. The average Bonchev–Trinajstić information content (AvgIpc) is 2.67. The summed E-state index contributed by atoms with van der Waals surface area (Å²) < 4.78 is 0. The topological polar surface area (TPSA) is 53.1 Å². The van der Waals surface area contributed by atoms with Crippen LogP contribution in [0.5, 0.6) is 0 Å². The van der Waals surface area contributed by atoms with Crippen molar-refractivity contribution in [3.63, 3.8) is 0 Å². The van der Waals surface area contributed by atoms with E-state index in [1.54, 1.807) is 0 Å². The van der Waals surface area contributed by atoms with Crippen LogP contribution in [0, 0.1) is 0 Å². The second kappa shape index (κ2) is 8.34. The van der Waals surface area contributed by atoms with Gasteiger partial charge < -0.3 is 15.5 Å². The van der Waals surface area contributed by atoms with Gasteiger partial charge in [0.25, 0.3) is 0 Å². The maximum atomic E-state index is 4.69. The molecule has 2 aromatic carbocycles. The van der Waals surface area contributed by atoms with Crippen molar-refractivity contribution in [2.75, 3.05) is 36.2 Å². The highest BCUT2D eigenvalue weighted by Gasteiger charge is 2.07. The smallest absolute Gasteiger partial charge is 0.163 e. The molecule has 5 nitrogen and oxygen atoms in total. The molecule has 26 heavy (non-hydrogen) atoms. The minimum atomic E-state index is 0.708. The zero-order valence-corrected chi connectivity index (χ0v) is 15.5. The molecule has 0 aliphatic rings. The molecule has 3 aromatic rings. The second-order valence-corrected chi connectivity index (χ2v) is 6.32. The summed E-state index contributed by atoms with van der Waals surface area (Å²) in [5, 5.41) is 6.74. The van der Waals surface area contributed by atoms with Gasteiger partial charge in [-0.3, -0.25) is 0 Å². The van der Waals surface area contributed by atoms with E-state index < -0.39 is 0 Å². The molecule has 0 atom stereocenters. The van der Waals surface area contributed by atoms with Crippen molar-refractivity contribution in [2.24, 2.45) is 0 Å². The monoisotopic (exact) mass is 347 g/mol. The lowest BCUT2D eigenvalue weighted by molar-refractivity contribution is 0.966. The van der Waals surface area contributed by atoms with E-state index in [4.69, 9.17) is 4.98 Å². The number of aromatic nitrogens is 2. The summed E-state index contributed by atoms with van der Waals surface area (Å²) >= 11 is 0. The summed E-state index contributed by atoms with van der Waals surface area (Å²) in [6, 6.07) is 20.3. The molecule has 0 saturated heterocycles. The minimum absolute atomic E-state index is 0.708. The van der Waals surface area contributed by atoms with E-state index >= 15 is 0 Å². The number of anilines is 4. The lowest BCUT2D eigenvalue weighted by Crippen LogP contribution is -2.08. The Morgan fingerprint density at radius 2 is 1.58 bits per heavy atom. The van der Waals surface area contributed by atoms with Crippen molar-refractivity contribution in [1.29, 1.82) is 0 Å². The number of nitrogens with one attached hydrogen (secondary N) is 2. The largest absolute Gasteiger partial charge is 0.378 e. The lowest BCUT2D eigenvalue weighted by atomic mass is 10.2. The first-order valence-electron chi connectivity index (χ1n) is 8.88. The molecule has 0 unspecified atom stereocenters. The van der Waals surface area contributed by atoms with E-state index in [1.807, 2.05) is 50.5 Å². The molecule has 1 heterocycles. The molecule has 0 aliphatic heterocycles. The van der Waals surface area contributed by atoms with Crippen LogP contribution in [0.2, 0.25) is 0 Å². The van der Waals surface area contributed by atoms with Gasteiger partial charge in [-0.2, -0.15) is 0 Å². The van der Waals surface area contributed by atoms with Crippen LogP contribution in [-0.4, -0.2) is 30.6 Å². The molecule has 5 heteroatoms. The van der Waals surface area contributed by atoms with Gasteiger partial charge >= 0.3 is 0 Å². The summed E-state index contributed by atoms with van der Waals surface area (Å²) in [6.07, 6.45) is 1.04. The van der Waals surface area contributed by atoms with Gasteiger partial charge in [-0.25, -0.2) is 9.97 Å². The molecular formula is C21H25N5. The van der Waals surface area contributed by atoms with E-state index in [2.05, 4.69) is 51.7 Å². The normalized spacial score (nSPS) is 10.4. The zero-order valence-electron chi connectivity index (χ0n) is 15.5. The standard InChI is InChI=1S/C21H25N5/c1-4-14-22-19-15-20(23-17-10-12-18(13-11-17)26(2)3)25-21(24-19)16-8-6-5-7-9-16/h5-13,15H,4,14H2,1-3H3,(H2,22,23,24,25). The van der Waals surface area contributed by atoms with Crippen LogP contribution in [0.1, 0.15) is 13.3 Å². The molecule has 0 radical (unpaired) electrons. The Balaban J connectivity index is 1.89. The number of hydrogen-bond acceptors (Lipinski definition) is 5. The van der Waals surface area contributed by atoms with Gasteiger partial charge in [-0.1, -0.05) is 37.3 Å². The molecule has 0 spiro atoms. The van der Waals surface area contributed by atoms with Crippen LogP contribution in [0.25, 0.3) is 11.4 Å². The summed E-state index contributed by atoms with van der Waals surface area (Å²) in [6.45, 7) is 3.01. The molecule has 0 aliphatic carbocycles. The SMILES string of the molecule is CCCNc1cc(Nc2ccc(N(C)C)cc2)nc(-c2ccccc2)n1. The molecular weight excluding hydrogens is 322 g/mol. The third kappa shape index (κ3) is 4.51. The second-order valence-electron chi connectivity index (χ2n) is 6.32. The molecule has 1 aromatic heterocycles. The molecule has 3 rings (SSSR count). The highest BCUT2D eigenvalue weighted by molar-refractivity contribution is 5.66. The zero-order chi connectivity index (χ0) is 18.4. The third-order valence-corrected chi connectivity index (χ3v) is 3.97. The van der Waals surface area contributed by atoms with Gasteiger partial charge in [0.05, 0.1) is 0 Å². The first-order valence-corrected chi connectivity index (χ1v) is 8.88. The summed E-state index contributed by atoms with van der Waals surface area (Å²) in [4.78, 5) is 11.4. The third-order valence-electron chi connectivity index (χ3n) is 3.97. The van der Waals surface area contributed by atoms with Gasteiger partial charge in [0.2, 0.25) is 0 Å². The van der Waals surface area contributed by atoms with Crippen molar-refractivity contribution in [3.8, 4) is 11.4 Å². The van der Waals surface area contributed by atoms with Gasteiger partial charge in [-0.15, -0.1) is 0 Å². The molecule has 0 bridgehead atoms. The predicted molar refractivity (Wildman–Crippen MR) is 110 cm³/mol. The van der Waals surface area contributed by atoms with Crippen LogP contribution in [-0.2, 0) is 0 Å². The number of hydrogen-bond donors (Lipinski definition) is 2. The maximum Gasteiger partial charge on any atom is 0.163 e. The van der Waals surface area contributed by atoms with Gasteiger partial charge in [0, 0.05) is 43.6 Å². The fourth-order valence-electron chi connectivity index (χ4n) is 2.56. The van der Waals surface area contributed by atoms with Crippen LogP contribution in [0.3, 0.4) is 0 Å². The summed E-state index contributed by atoms with van der Waals surface area (Å²) in [7, 11) is 4.06. The molecule has 0 amide bonds. The van der Waals surface area contributed by atoms with E-state index in [0.29, 0.717) is 5.82 Å². The number of nitrogens with zero attached hydrogens (tertiary/aromatic N) is 3. The fraction of sp³-hybridized carbons (Fsp3) is 0.238. The lowest BCUT2D eigenvalue weighted by Gasteiger charge is -2.14. The molecule has 134 valence electrons. The van der Waals surface area contributed by atoms with Crippen LogP contribution in [0.4, 0.5) is 23.0 Å². The highest BCUT2D eigenvalue weighted by atomic mass is 15.1. The maximum absolute atomic E-state index is 4.69. The van der Waals surface area contributed by atoms with Crippen LogP contribution < -0.4 is 15.5 Å². The molecule has 0 fully saturated rings. The Bertz CT molecular complexity index is 829. The van der Waals surface area contributed by atoms with Crippen molar-refractivity contribution < 1.29 is 0 Å².